The SMILES string of the molecule is O=C(O)COC1CCCC1NC(=O)N[C@@](Cc1ccccc1)(c1cc(F)cc(OC(F)(F)C(F)F)c1)c1ccc(Cl)cn1. The van der Waals surface area contributed by atoms with Gasteiger partial charge in [-0.3, -0.25) is 4.98 Å². The molecule has 0 bridgehead atoms. The molecule has 1 saturated carbocycles. The van der Waals surface area contributed by atoms with Crippen molar-refractivity contribution in [1.82, 2.24) is 15.6 Å². The molecule has 4 rings (SSSR count). The fourth-order valence-corrected chi connectivity index (χ4v) is 5.10. The Labute approximate surface area is 248 Å². The Kier molecular flexibility index (Phi) is 10.1. The van der Waals surface area contributed by atoms with Crippen molar-refractivity contribution in [2.75, 3.05) is 6.61 Å². The number of pyridine rings is 1. The maximum atomic E-state index is 15.0. The quantitative estimate of drug-likeness (QED) is 0.215. The number of halogens is 6. The van der Waals surface area contributed by atoms with Crippen molar-refractivity contribution in [3.05, 3.63) is 94.5 Å². The number of ether oxygens (including phenoxy) is 2. The molecule has 1 fully saturated rings. The molecule has 0 saturated heterocycles. The number of carboxylic acids is 1. The van der Waals surface area contributed by atoms with Gasteiger partial charge in [-0.2, -0.15) is 17.6 Å². The van der Waals surface area contributed by atoms with Gasteiger partial charge in [-0.05, 0) is 54.7 Å². The van der Waals surface area contributed by atoms with E-state index in [2.05, 4.69) is 20.4 Å². The first kappa shape index (κ1) is 32.0. The first-order valence-electron chi connectivity index (χ1n) is 13.1. The van der Waals surface area contributed by atoms with Gasteiger partial charge in [-0.15, -0.1) is 0 Å². The third-order valence-electron chi connectivity index (χ3n) is 6.87. The summed E-state index contributed by atoms with van der Waals surface area (Å²) < 4.78 is 78.1. The number of benzene rings is 2. The Morgan fingerprint density at radius 2 is 1.84 bits per heavy atom. The highest BCUT2D eigenvalue weighted by Gasteiger charge is 2.45. The highest BCUT2D eigenvalue weighted by atomic mass is 35.5. The van der Waals surface area contributed by atoms with E-state index in [1.807, 2.05) is 0 Å². The smallest absolute Gasteiger partial charge is 0.461 e. The molecule has 3 N–H and O–H groups in total. The number of rotatable bonds is 12. The fraction of sp³-hybridized carbons (Fsp3) is 0.345. The lowest BCUT2D eigenvalue weighted by Crippen LogP contribution is -2.55. The van der Waals surface area contributed by atoms with Gasteiger partial charge in [0.1, 0.15) is 23.7 Å². The first-order chi connectivity index (χ1) is 20.4. The Morgan fingerprint density at radius 3 is 2.49 bits per heavy atom. The number of carboxylic acid groups (broad SMARTS) is 1. The summed E-state index contributed by atoms with van der Waals surface area (Å²) in [5.41, 5.74) is -1.22. The van der Waals surface area contributed by atoms with Crippen molar-refractivity contribution in [3.63, 3.8) is 0 Å². The number of urea groups is 1. The van der Waals surface area contributed by atoms with Crippen LogP contribution in [-0.2, 0) is 21.5 Å². The van der Waals surface area contributed by atoms with Crippen molar-refractivity contribution >= 4 is 23.6 Å². The fourth-order valence-electron chi connectivity index (χ4n) is 4.99. The third-order valence-corrected chi connectivity index (χ3v) is 7.09. The van der Waals surface area contributed by atoms with Crippen molar-refractivity contribution in [2.45, 2.75) is 55.9 Å². The number of amides is 2. The summed E-state index contributed by atoms with van der Waals surface area (Å²) in [7, 11) is 0. The molecule has 0 spiro atoms. The van der Waals surface area contributed by atoms with Gasteiger partial charge in [0.05, 0.1) is 22.9 Å². The van der Waals surface area contributed by atoms with E-state index in [1.165, 1.54) is 18.3 Å². The molecule has 1 aliphatic rings. The largest absolute Gasteiger partial charge is 0.480 e. The maximum absolute atomic E-state index is 15.0. The molecule has 230 valence electrons. The van der Waals surface area contributed by atoms with Crippen LogP contribution in [0.1, 0.15) is 36.1 Å². The highest BCUT2D eigenvalue weighted by molar-refractivity contribution is 6.30. The second-order valence-corrected chi connectivity index (χ2v) is 10.4. The van der Waals surface area contributed by atoms with Crippen molar-refractivity contribution in [2.24, 2.45) is 0 Å². The lowest BCUT2D eigenvalue weighted by molar-refractivity contribution is -0.253. The lowest BCUT2D eigenvalue weighted by Gasteiger charge is -2.36. The molecule has 1 aliphatic carbocycles. The molecule has 3 aromatic rings. The summed E-state index contributed by atoms with van der Waals surface area (Å²) in [6.07, 6.45) is -6.94. The molecule has 8 nitrogen and oxygen atoms in total. The van der Waals surface area contributed by atoms with Crippen LogP contribution in [0.2, 0.25) is 5.02 Å². The van der Waals surface area contributed by atoms with Crippen LogP contribution in [0.25, 0.3) is 0 Å². The van der Waals surface area contributed by atoms with E-state index in [9.17, 15) is 31.5 Å². The normalized spacial score (nSPS) is 18.2. The molecule has 0 aliphatic heterocycles. The average Bonchev–Trinajstić information content (AvgIpc) is 3.38. The molecule has 2 aromatic carbocycles. The number of nitrogens with zero attached hydrogens (tertiary/aromatic N) is 1. The van der Waals surface area contributed by atoms with E-state index in [-0.39, 0.29) is 22.7 Å². The molecule has 2 amide bonds. The number of carbonyl (C=O) groups is 2. The molecule has 43 heavy (non-hydrogen) atoms. The van der Waals surface area contributed by atoms with E-state index in [0.717, 1.165) is 12.1 Å². The van der Waals surface area contributed by atoms with E-state index in [4.69, 9.17) is 21.4 Å². The van der Waals surface area contributed by atoms with Crippen LogP contribution in [-0.4, -0.2) is 53.4 Å². The number of aromatic nitrogens is 1. The number of carbonyl (C=O) groups excluding carboxylic acids is 1. The second-order valence-electron chi connectivity index (χ2n) is 9.95. The number of aliphatic carboxylic acids is 1. The lowest BCUT2D eigenvalue weighted by atomic mass is 9.80. The van der Waals surface area contributed by atoms with Gasteiger partial charge in [-0.25, -0.2) is 14.0 Å². The Balaban J connectivity index is 1.80. The standard InChI is InChI=1S/C29H27ClF5N3O5/c30-19-9-10-24(36-15-19)28(14-17-5-2-1-3-6-17,18-11-20(31)13-21(12-18)43-29(34,35)26(32)33)38-27(41)37-22-7-4-8-23(22)42-16-25(39)40/h1-3,5-6,9-13,15,22-23,26H,4,7-8,14,16H2,(H,39,40)(H2,37,38,41)/t22?,23?,28-/m0/s1. The van der Waals surface area contributed by atoms with Crippen LogP contribution in [0.5, 0.6) is 5.75 Å². The van der Waals surface area contributed by atoms with Crippen LogP contribution in [0.4, 0.5) is 26.7 Å². The summed E-state index contributed by atoms with van der Waals surface area (Å²) in [5, 5.41) is 14.8. The Hall–Kier alpha value is -3.97. The summed E-state index contributed by atoms with van der Waals surface area (Å²) >= 11 is 6.06. The predicted molar refractivity (Wildman–Crippen MR) is 145 cm³/mol. The zero-order valence-electron chi connectivity index (χ0n) is 22.4. The van der Waals surface area contributed by atoms with E-state index in [0.29, 0.717) is 30.9 Å². The predicted octanol–water partition coefficient (Wildman–Crippen LogP) is 5.92. The van der Waals surface area contributed by atoms with Gasteiger partial charge < -0.3 is 25.2 Å². The van der Waals surface area contributed by atoms with Gasteiger partial charge in [0.25, 0.3) is 0 Å². The minimum Gasteiger partial charge on any atom is -0.480 e. The molecule has 1 aromatic heterocycles. The van der Waals surface area contributed by atoms with Gasteiger partial charge in [-0.1, -0.05) is 41.9 Å². The second kappa shape index (κ2) is 13.6. The molecule has 3 atom stereocenters. The minimum atomic E-state index is -4.93. The molecule has 0 radical (unpaired) electrons. The zero-order valence-corrected chi connectivity index (χ0v) is 23.2. The molecule has 2 unspecified atom stereocenters. The minimum absolute atomic E-state index is 0.104. The van der Waals surface area contributed by atoms with E-state index < -0.39 is 60.4 Å². The van der Waals surface area contributed by atoms with Gasteiger partial charge in [0.2, 0.25) is 0 Å². The van der Waals surface area contributed by atoms with Crippen LogP contribution in [0.15, 0.2) is 66.9 Å². The maximum Gasteiger partial charge on any atom is 0.461 e. The average molecular weight is 628 g/mol. The van der Waals surface area contributed by atoms with Crippen molar-refractivity contribution in [1.29, 1.82) is 0 Å². The topological polar surface area (TPSA) is 110 Å². The summed E-state index contributed by atoms with van der Waals surface area (Å²) in [5.74, 6) is -3.19. The van der Waals surface area contributed by atoms with Crippen LogP contribution in [0, 0.1) is 5.82 Å². The van der Waals surface area contributed by atoms with E-state index in [1.54, 1.807) is 30.3 Å². The van der Waals surface area contributed by atoms with Gasteiger partial charge >= 0.3 is 24.5 Å². The van der Waals surface area contributed by atoms with E-state index >= 15 is 0 Å². The van der Waals surface area contributed by atoms with Crippen LogP contribution in [0.3, 0.4) is 0 Å². The Morgan fingerprint density at radius 1 is 1.09 bits per heavy atom. The monoisotopic (exact) mass is 627 g/mol. The molecular weight excluding hydrogens is 601 g/mol. The zero-order chi connectivity index (χ0) is 31.2. The third kappa shape index (κ3) is 8.11. The highest BCUT2D eigenvalue weighted by Crippen LogP contribution is 2.37. The molecule has 1 heterocycles. The summed E-state index contributed by atoms with van der Waals surface area (Å²) in [4.78, 5) is 28.9. The summed E-state index contributed by atoms with van der Waals surface area (Å²) in [6, 6.07) is 12.5. The Bertz CT molecular complexity index is 1420. The molecular formula is C29H27ClF5N3O5. The number of hydrogen-bond donors (Lipinski definition) is 3. The number of alkyl halides is 4. The number of nitrogens with one attached hydrogen (secondary N) is 2. The van der Waals surface area contributed by atoms with Crippen molar-refractivity contribution < 1.29 is 46.1 Å². The van der Waals surface area contributed by atoms with Gasteiger partial charge in [0, 0.05) is 18.7 Å². The molecule has 14 heteroatoms. The first-order valence-corrected chi connectivity index (χ1v) is 13.5. The summed E-state index contributed by atoms with van der Waals surface area (Å²) in [6.45, 7) is -0.563. The van der Waals surface area contributed by atoms with Gasteiger partial charge in [0.15, 0.2) is 0 Å². The van der Waals surface area contributed by atoms with Crippen molar-refractivity contribution in [3.8, 4) is 5.75 Å². The number of hydrogen-bond acceptors (Lipinski definition) is 5. The van der Waals surface area contributed by atoms with Crippen LogP contribution < -0.4 is 15.4 Å². The van der Waals surface area contributed by atoms with Crippen LogP contribution >= 0.6 is 11.6 Å².